The molecule has 1 rings (SSSR count). The van der Waals surface area contributed by atoms with Crippen molar-refractivity contribution in [3.63, 3.8) is 0 Å². The summed E-state index contributed by atoms with van der Waals surface area (Å²) in [5.41, 5.74) is -0.803. The third kappa shape index (κ3) is 6.07. The molecule has 0 aliphatic heterocycles. The molecule has 0 heterocycles. The molecule has 0 bridgehead atoms. The Morgan fingerprint density at radius 3 is 2.67 bits per heavy atom. The molecular weight excluding hydrogens is 246 g/mol. The number of aliphatic hydroxyl groups is 1. The van der Waals surface area contributed by atoms with Gasteiger partial charge >= 0.3 is 0 Å². The Morgan fingerprint density at radius 1 is 1.39 bits per heavy atom. The fourth-order valence-corrected chi connectivity index (χ4v) is 2.15. The quantitative estimate of drug-likeness (QED) is 0.746. The van der Waals surface area contributed by atoms with Gasteiger partial charge in [-0.1, -0.05) is 25.1 Å². The summed E-state index contributed by atoms with van der Waals surface area (Å²) in [7, 11) is 0. The molecule has 0 spiro atoms. The van der Waals surface area contributed by atoms with Crippen LogP contribution in [0.25, 0.3) is 0 Å². The molecule has 1 aromatic rings. The molecular formula is C14H21NO2S. The van der Waals surface area contributed by atoms with E-state index in [0.29, 0.717) is 19.4 Å². The smallest absolute Gasteiger partial charge is 0.220 e. The molecule has 1 amide bonds. The van der Waals surface area contributed by atoms with E-state index in [4.69, 9.17) is 0 Å². The predicted molar refractivity (Wildman–Crippen MR) is 75.7 cm³/mol. The number of hydrogen-bond donors (Lipinski definition) is 2. The summed E-state index contributed by atoms with van der Waals surface area (Å²) in [4.78, 5) is 12.7. The van der Waals surface area contributed by atoms with Gasteiger partial charge in [0.15, 0.2) is 0 Å². The number of rotatable bonds is 7. The molecule has 0 saturated heterocycles. The first-order valence-corrected chi connectivity index (χ1v) is 7.19. The van der Waals surface area contributed by atoms with Crippen molar-refractivity contribution >= 4 is 17.7 Å². The number of carbonyl (C=O) groups is 1. The molecule has 3 nitrogen and oxygen atoms in total. The van der Waals surface area contributed by atoms with Crippen LogP contribution < -0.4 is 5.32 Å². The Bertz CT molecular complexity index is 365. The Morgan fingerprint density at radius 2 is 2.06 bits per heavy atom. The van der Waals surface area contributed by atoms with E-state index in [9.17, 15) is 9.90 Å². The van der Waals surface area contributed by atoms with Crippen molar-refractivity contribution in [2.75, 3.05) is 12.3 Å². The number of hydrogen-bond acceptors (Lipinski definition) is 3. The highest BCUT2D eigenvalue weighted by atomic mass is 32.2. The highest BCUT2D eigenvalue weighted by Gasteiger charge is 2.17. The molecule has 1 atom stereocenters. The van der Waals surface area contributed by atoms with Gasteiger partial charge in [-0.25, -0.2) is 0 Å². The van der Waals surface area contributed by atoms with E-state index in [0.717, 1.165) is 5.75 Å². The van der Waals surface area contributed by atoms with Crippen LogP contribution in [0.1, 0.15) is 26.7 Å². The molecule has 0 radical (unpaired) electrons. The van der Waals surface area contributed by atoms with E-state index >= 15 is 0 Å². The van der Waals surface area contributed by atoms with E-state index in [-0.39, 0.29) is 5.91 Å². The third-order valence-electron chi connectivity index (χ3n) is 2.77. The molecule has 100 valence electrons. The van der Waals surface area contributed by atoms with Crippen molar-refractivity contribution < 1.29 is 9.90 Å². The summed E-state index contributed by atoms with van der Waals surface area (Å²) in [6.07, 6.45) is 1.10. The zero-order valence-corrected chi connectivity index (χ0v) is 11.8. The van der Waals surface area contributed by atoms with Crippen molar-refractivity contribution in [2.24, 2.45) is 0 Å². The van der Waals surface area contributed by atoms with Crippen molar-refractivity contribution in [2.45, 2.75) is 37.2 Å². The van der Waals surface area contributed by atoms with E-state index in [1.807, 2.05) is 37.3 Å². The first-order chi connectivity index (χ1) is 8.53. The maximum absolute atomic E-state index is 11.6. The highest BCUT2D eigenvalue weighted by Crippen LogP contribution is 2.17. The fraction of sp³-hybridized carbons (Fsp3) is 0.500. The summed E-state index contributed by atoms with van der Waals surface area (Å²) < 4.78 is 0. The van der Waals surface area contributed by atoms with E-state index in [1.165, 1.54) is 4.90 Å². The first kappa shape index (κ1) is 15.1. The lowest BCUT2D eigenvalue weighted by Crippen LogP contribution is -2.40. The molecule has 0 aliphatic carbocycles. The third-order valence-corrected chi connectivity index (χ3v) is 3.78. The summed E-state index contributed by atoms with van der Waals surface area (Å²) in [5, 5.41) is 12.5. The second kappa shape index (κ2) is 7.44. The summed E-state index contributed by atoms with van der Waals surface area (Å²) >= 11 is 1.66. The lowest BCUT2D eigenvalue weighted by molar-refractivity contribution is -0.121. The zero-order valence-electron chi connectivity index (χ0n) is 11.0. The van der Waals surface area contributed by atoms with Gasteiger partial charge in [-0.15, -0.1) is 11.8 Å². The molecule has 0 aromatic heterocycles. The first-order valence-electron chi connectivity index (χ1n) is 6.20. The van der Waals surface area contributed by atoms with Gasteiger partial charge in [0.1, 0.15) is 0 Å². The van der Waals surface area contributed by atoms with Crippen molar-refractivity contribution in [3.8, 4) is 0 Å². The minimum atomic E-state index is -0.803. The normalized spacial score (nSPS) is 13.9. The van der Waals surface area contributed by atoms with Gasteiger partial charge in [0.25, 0.3) is 0 Å². The van der Waals surface area contributed by atoms with Crippen molar-refractivity contribution in [1.82, 2.24) is 5.32 Å². The summed E-state index contributed by atoms with van der Waals surface area (Å²) in [5.74, 6) is 0.747. The molecule has 1 aromatic carbocycles. The lowest BCUT2D eigenvalue weighted by Gasteiger charge is -2.21. The Labute approximate surface area is 113 Å². The van der Waals surface area contributed by atoms with Crippen LogP contribution in [-0.2, 0) is 4.79 Å². The molecule has 0 aliphatic rings. The largest absolute Gasteiger partial charge is 0.388 e. The standard InChI is InChI=1S/C14H21NO2S/c1-3-14(2,17)11-15-13(16)9-10-18-12-7-5-4-6-8-12/h4-8,17H,3,9-11H2,1-2H3,(H,15,16). The second-order valence-corrected chi connectivity index (χ2v) is 5.71. The van der Waals surface area contributed by atoms with Crippen LogP contribution in [0, 0.1) is 0 Å². The van der Waals surface area contributed by atoms with Crippen LogP contribution in [-0.4, -0.2) is 28.9 Å². The Balaban J connectivity index is 2.18. The van der Waals surface area contributed by atoms with Gasteiger partial charge in [-0.3, -0.25) is 4.79 Å². The SMILES string of the molecule is CCC(C)(O)CNC(=O)CCSc1ccccc1. The molecule has 1 unspecified atom stereocenters. The van der Waals surface area contributed by atoms with Crippen LogP contribution in [0.2, 0.25) is 0 Å². The maximum Gasteiger partial charge on any atom is 0.220 e. The van der Waals surface area contributed by atoms with Crippen LogP contribution >= 0.6 is 11.8 Å². The van der Waals surface area contributed by atoms with Crippen molar-refractivity contribution in [3.05, 3.63) is 30.3 Å². The molecule has 2 N–H and O–H groups in total. The Kier molecular flexibility index (Phi) is 6.22. The van der Waals surface area contributed by atoms with E-state index in [1.54, 1.807) is 18.7 Å². The summed E-state index contributed by atoms with van der Waals surface area (Å²) in [6, 6.07) is 10.0. The van der Waals surface area contributed by atoms with Crippen LogP contribution in [0.4, 0.5) is 0 Å². The van der Waals surface area contributed by atoms with Crippen LogP contribution in [0.3, 0.4) is 0 Å². The molecule has 0 fully saturated rings. The Hall–Kier alpha value is -1.00. The van der Waals surface area contributed by atoms with Gasteiger partial charge < -0.3 is 10.4 Å². The van der Waals surface area contributed by atoms with Crippen molar-refractivity contribution in [1.29, 1.82) is 0 Å². The number of thioether (sulfide) groups is 1. The molecule has 4 heteroatoms. The predicted octanol–water partition coefficient (Wildman–Crippen LogP) is 2.45. The van der Waals surface area contributed by atoms with Gasteiger partial charge in [0.2, 0.25) is 5.91 Å². The number of carbonyl (C=O) groups excluding carboxylic acids is 1. The topological polar surface area (TPSA) is 49.3 Å². The summed E-state index contributed by atoms with van der Waals surface area (Å²) in [6.45, 7) is 3.95. The van der Waals surface area contributed by atoms with E-state index < -0.39 is 5.60 Å². The monoisotopic (exact) mass is 267 g/mol. The minimum Gasteiger partial charge on any atom is -0.388 e. The lowest BCUT2D eigenvalue weighted by atomic mass is 10.0. The van der Waals surface area contributed by atoms with Crippen LogP contribution in [0.5, 0.6) is 0 Å². The van der Waals surface area contributed by atoms with Gasteiger partial charge in [-0.05, 0) is 25.5 Å². The average Bonchev–Trinajstić information content (AvgIpc) is 2.38. The number of benzene rings is 1. The van der Waals surface area contributed by atoms with Gasteiger partial charge in [0.05, 0.1) is 5.60 Å². The maximum atomic E-state index is 11.6. The number of nitrogens with one attached hydrogen (secondary N) is 1. The van der Waals surface area contributed by atoms with Gasteiger partial charge in [-0.2, -0.15) is 0 Å². The zero-order chi connectivity index (χ0) is 13.4. The highest BCUT2D eigenvalue weighted by molar-refractivity contribution is 7.99. The van der Waals surface area contributed by atoms with Crippen LogP contribution in [0.15, 0.2) is 35.2 Å². The fourth-order valence-electron chi connectivity index (χ4n) is 1.28. The van der Waals surface area contributed by atoms with Gasteiger partial charge in [0, 0.05) is 23.6 Å². The molecule has 0 saturated carbocycles. The minimum absolute atomic E-state index is 0.00726. The second-order valence-electron chi connectivity index (χ2n) is 4.54. The number of amides is 1. The average molecular weight is 267 g/mol. The van der Waals surface area contributed by atoms with E-state index in [2.05, 4.69) is 5.32 Å². The molecule has 18 heavy (non-hydrogen) atoms.